The second-order valence-electron chi connectivity index (χ2n) is 5.97. The third kappa shape index (κ3) is 3.83. The Balaban J connectivity index is 1.49. The molecule has 0 fully saturated rings. The van der Waals surface area contributed by atoms with Crippen LogP contribution in [0.4, 0.5) is 0 Å². The van der Waals surface area contributed by atoms with Gasteiger partial charge in [0.1, 0.15) is 5.76 Å². The number of rotatable bonds is 8. The quantitative estimate of drug-likeness (QED) is 0.377. The Morgan fingerprint density at radius 2 is 1.63 bits per heavy atom. The van der Waals surface area contributed by atoms with Crippen LogP contribution in [-0.4, -0.2) is 41.7 Å². The van der Waals surface area contributed by atoms with E-state index in [2.05, 4.69) is 20.4 Å². The van der Waals surface area contributed by atoms with Gasteiger partial charge in [0.2, 0.25) is 17.5 Å². The number of methoxy groups -OCH3 is 3. The van der Waals surface area contributed by atoms with Gasteiger partial charge in [-0.1, -0.05) is 11.8 Å². The van der Waals surface area contributed by atoms with Gasteiger partial charge in [-0.05, 0) is 25.1 Å². The normalized spacial score (nSPS) is 10.9. The lowest BCUT2D eigenvalue weighted by Gasteiger charge is -2.12. The standard InChI is InChI=1S/C19H18N4O6S/c1-10-12(5-6-27-10)18-22-23-19(29-18)30-9-15-20-21-17(28-15)11-7-13(24-2)16(26-4)14(8-11)25-3/h5-8H,9H2,1-4H3. The monoisotopic (exact) mass is 430 g/mol. The van der Waals surface area contributed by atoms with Gasteiger partial charge in [-0.25, -0.2) is 0 Å². The Hall–Kier alpha value is -3.47. The molecule has 10 nitrogen and oxygen atoms in total. The third-order valence-corrected chi connectivity index (χ3v) is 5.00. The molecule has 1 aromatic carbocycles. The molecule has 3 aromatic heterocycles. The molecule has 0 aliphatic carbocycles. The molecule has 156 valence electrons. The molecule has 0 spiro atoms. The molecule has 0 atom stereocenters. The number of nitrogens with zero attached hydrogens (tertiary/aromatic N) is 4. The highest BCUT2D eigenvalue weighted by Gasteiger charge is 2.18. The number of aryl methyl sites for hydroxylation is 1. The fourth-order valence-electron chi connectivity index (χ4n) is 2.74. The van der Waals surface area contributed by atoms with Crippen molar-refractivity contribution >= 4 is 11.8 Å². The summed E-state index contributed by atoms with van der Waals surface area (Å²) in [5.74, 6) is 3.67. The minimum Gasteiger partial charge on any atom is -0.493 e. The molecular formula is C19H18N4O6S. The Kier molecular flexibility index (Phi) is 5.61. The molecule has 0 saturated heterocycles. The second-order valence-corrected chi connectivity index (χ2v) is 6.89. The van der Waals surface area contributed by atoms with E-state index < -0.39 is 0 Å². The molecule has 3 heterocycles. The van der Waals surface area contributed by atoms with Crippen molar-refractivity contribution in [2.45, 2.75) is 17.9 Å². The van der Waals surface area contributed by atoms with Crippen molar-refractivity contribution in [2.24, 2.45) is 0 Å². The highest BCUT2D eigenvalue weighted by Crippen LogP contribution is 2.41. The second kappa shape index (κ2) is 8.49. The van der Waals surface area contributed by atoms with Gasteiger partial charge >= 0.3 is 0 Å². The summed E-state index contributed by atoms with van der Waals surface area (Å²) in [6.07, 6.45) is 1.57. The maximum Gasteiger partial charge on any atom is 0.277 e. The van der Waals surface area contributed by atoms with Crippen LogP contribution in [0.3, 0.4) is 0 Å². The molecule has 0 bridgehead atoms. The van der Waals surface area contributed by atoms with Crippen LogP contribution in [0.1, 0.15) is 11.7 Å². The zero-order valence-corrected chi connectivity index (χ0v) is 17.5. The van der Waals surface area contributed by atoms with Gasteiger partial charge in [-0.3, -0.25) is 0 Å². The van der Waals surface area contributed by atoms with Crippen molar-refractivity contribution in [1.82, 2.24) is 20.4 Å². The zero-order chi connectivity index (χ0) is 21.1. The average Bonchev–Trinajstić information content (AvgIpc) is 3.51. The van der Waals surface area contributed by atoms with E-state index >= 15 is 0 Å². The third-order valence-electron chi connectivity index (χ3n) is 4.19. The van der Waals surface area contributed by atoms with E-state index in [4.69, 9.17) is 27.5 Å². The van der Waals surface area contributed by atoms with Crippen LogP contribution in [0.5, 0.6) is 17.2 Å². The Labute approximate surface area is 175 Å². The van der Waals surface area contributed by atoms with E-state index in [1.807, 2.05) is 6.92 Å². The van der Waals surface area contributed by atoms with Crippen LogP contribution in [-0.2, 0) is 5.75 Å². The van der Waals surface area contributed by atoms with Crippen LogP contribution < -0.4 is 14.2 Å². The predicted molar refractivity (Wildman–Crippen MR) is 106 cm³/mol. The van der Waals surface area contributed by atoms with E-state index in [1.165, 1.54) is 11.8 Å². The Morgan fingerprint density at radius 3 is 2.27 bits per heavy atom. The lowest BCUT2D eigenvalue weighted by Crippen LogP contribution is -1.95. The van der Waals surface area contributed by atoms with Crippen LogP contribution in [0, 0.1) is 6.92 Å². The van der Waals surface area contributed by atoms with Gasteiger partial charge in [0.15, 0.2) is 11.5 Å². The number of aromatic nitrogens is 4. The topological polar surface area (TPSA) is 119 Å². The average molecular weight is 430 g/mol. The van der Waals surface area contributed by atoms with E-state index in [0.29, 0.717) is 57.2 Å². The predicted octanol–water partition coefficient (Wildman–Crippen LogP) is 4.01. The fraction of sp³-hybridized carbons (Fsp3) is 0.263. The molecule has 30 heavy (non-hydrogen) atoms. The summed E-state index contributed by atoms with van der Waals surface area (Å²) in [6, 6.07) is 5.26. The van der Waals surface area contributed by atoms with Crippen LogP contribution in [0.25, 0.3) is 22.9 Å². The summed E-state index contributed by atoms with van der Waals surface area (Å²) in [5, 5.41) is 16.6. The molecule has 4 aromatic rings. The van der Waals surface area contributed by atoms with Crippen molar-refractivity contribution in [3.8, 4) is 40.2 Å². The smallest absolute Gasteiger partial charge is 0.277 e. The fourth-order valence-corrected chi connectivity index (χ4v) is 3.34. The SMILES string of the molecule is COc1cc(-c2nnc(CSc3nnc(-c4ccoc4C)o3)o2)cc(OC)c1OC. The van der Waals surface area contributed by atoms with Crippen molar-refractivity contribution < 1.29 is 27.5 Å². The molecule has 0 aliphatic rings. The molecule has 0 aliphatic heterocycles. The number of ether oxygens (including phenoxy) is 3. The highest BCUT2D eigenvalue weighted by molar-refractivity contribution is 7.98. The molecule has 11 heteroatoms. The maximum atomic E-state index is 5.76. The molecule has 0 saturated carbocycles. The van der Waals surface area contributed by atoms with Crippen molar-refractivity contribution in [2.75, 3.05) is 21.3 Å². The molecule has 4 rings (SSSR count). The molecule has 0 amide bonds. The first-order valence-corrected chi connectivity index (χ1v) is 9.75. The van der Waals surface area contributed by atoms with Crippen molar-refractivity contribution in [3.63, 3.8) is 0 Å². The number of furan rings is 1. The summed E-state index contributed by atoms with van der Waals surface area (Å²) in [5.41, 5.74) is 1.40. The molecule has 0 N–H and O–H groups in total. The number of benzene rings is 1. The van der Waals surface area contributed by atoms with Crippen molar-refractivity contribution in [3.05, 3.63) is 36.1 Å². The van der Waals surface area contributed by atoms with Crippen molar-refractivity contribution in [1.29, 1.82) is 0 Å². The summed E-state index contributed by atoms with van der Waals surface area (Å²) in [7, 11) is 4.63. The van der Waals surface area contributed by atoms with Gasteiger partial charge in [0, 0.05) is 5.56 Å². The largest absolute Gasteiger partial charge is 0.493 e. The summed E-state index contributed by atoms with van der Waals surface area (Å²) in [4.78, 5) is 0. The minimum atomic E-state index is 0.324. The first kappa shape index (κ1) is 19.8. The van der Waals surface area contributed by atoms with E-state index in [0.717, 1.165) is 5.56 Å². The van der Waals surface area contributed by atoms with Gasteiger partial charge in [0.25, 0.3) is 11.1 Å². The lowest BCUT2D eigenvalue weighted by molar-refractivity contribution is 0.324. The van der Waals surface area contributed by atoms with Gasteiger partial charge in [0.05, 0.1) is 38.9 Å². The van der Waals surface area contributed by atoms with Gasteiger partial charge in [-0.2, -0.15) is 0 Å². The first-order valence-electron chi connectivity index (χ1n) is 8.76. The van der Waals surface area contributed by atoms with E-state index in [-0.39, 0.29) is 0 Å². The van der Waals surface area contributed by atoms with Crippen LogP contribution >= 0.6 is 11.8 Å². The molecule has 0 unspecified atom stereocenters. The number of thioether (sulfide) groups is 1. The summed E-state index contributed by atoms with van der Waals surface area (Å²) >= 11 is 1.29. The summed E-state index contributed by atoms with van der Waals surface area (Å²) < 4.78 is 32.7. The van der Waals surface area contributed by atoms with Crippen LogP contribution in [0.15, 0.2) is 42.9 Å². The molecule has 0 radical (unpaired) electrons. The lowest BCUT2D eigenvalue weighted by atomic mass is 10.2. The maximum absolute atomic E-state index is 5.76. The minimum absolute atomic E-state index is 0.324. The first-order chi connectivity index (χ1) is 14.6. The van der Waals surface area contributed by atoms with Crippen LogP contribution in [0.2, 0.25) is 0 Å². The van der Waals surface area contributed by atoms with E-state index in [9.17, 15) is 0 Å². The number of hydrogen-bond acceptors (Lipinski definition) is 11. The van der Waals surface area contributed by atoms with E-state index in [1.54, 1.807) is 45.8 Å². The Bertz CT molecular complexity index is 1130. The Morgan fingerprint density at radius 1 is 0.900 bits per heavy atom. The summed E-state index contributed by atoms with van der Waals surface area (Å²) in [6.45, 7) is 1.83. The van der Waals surface area contributed by atoms with Gasteiger partial charge < -0.3 is 27.5 Å². The van der Waals surface area contributed by atoms with Gasteiger partial charge in [-0.15, -0.1) is 20.4 Å². The number of hydrogen-bond donors (Lipinski definition) is 0. The molecular weight excluding hydrogens is 412 g/mol. The zero-order valence-electron chi connectivity index (χ0n) is 16.7. The highest BCUT2D eigenvalue weighted by atomic mass is 32.2.